The maximum atomic E-state index is 12.5. The van der Waals surface area contributed by atoms with Gasteiger partial charge in [0.15, 0.2) is 12.0 Å². The van der Waals surface area contributed by atoms with E-state index in [0.717, 1.165) is 44.0 Å². The van der Waals surface area contributed by atoms with Gasteiger partial charge in [-0.1, -0.05) is 18.2 Å². The number of carbonyl (C=O) groups is 2. The fourth-order valence-corrected chi connectivity index (χ4v) is 4.76. The largest absolute Gasteiger partial charge is 0.511 e. The van der Waals surface area contributed by atoms with Crippen LogP contribution in [0.5, 0.6) is 0 Å². The monoisotopic (exact) mass is 449 g/mol. The summed E-state index contributed by atoms with van der Waals surface area (Å²) in [6, 6.07) is 11.2. The second-order valence-corrected chi connectivity index (χ2v) is 8.66. The number of allylic oxidation sites excluding steroid dienone is 2. The van der Waals surface area contributed by atoms with E-state index in [4.69, 9.17) is 9.15 Å². The summed E-state index contributed by atoms with van der Waals surface area (Å²) < 4.78 is 11.0. The molecular weight excluding hydrogens is 422 g/mol. The van der Waals surface area contributed by atoms with Gasteiger partial charge in [0.05, 0.1) is 23.9 Å². The van der Waals surface area contributed by atoms with E-state index in [1.54, 1.807) is 12.3 Å². The summed E-state index contributed by atoms with van der Waals surface area (Å²) in [5.41, 5.74) is 1.91. The van der Waals surface area contributed by atoms with Crippen LogP contribution in [0.25, 0.3) is 0 Å². The highest BCUT2D eigenvalue weighted by molar-refractivity contribution is 6.14. The number of fused-ring (bicyclic) bond motifs is 1. The van der Waals surface area contributed by atoms with Crippen molar-refractivity contribution >= 4 is 18.0 Å². The molecule has 0 amide bonds. The number of aliphatic imine (C=N–C) groups is 1. The van der Waals surface area contributed by atoms with Crippen LogP contribution in [0, 0.1) is 0 Å². The van der Waals surface area contributed by atoms with Crippen molar-refractivity contribution in [1.82, 2.24) is 9.80 Å². The number of nitrogens with zero attached hydrogens (tertiary/aromatic N) is 3. The fourth-order valence-electron chi connectivity index (χ4n) is 4.76. The third-order valence-corrected chi connectivity index (χ3v) is 6.60. The Balaban J connectivity index is 1.10. The molecule has 2 aliphatic heterocycles. The predicted molar refractivity (Wildman–Crippen MR) is 121 cm³/mol. The summed E-state index contributed by atoms with van der Waals surface area (Å²) in [7, 11) is 0. The van der Waals surface area contributed by atoms with Gasteiger partial charge in [-0.2, -0.15) is 0 Å². The van der Waals surface area contributed by atoms with Crippen molar-refractivity contribution in [3.05, 3.63) is 70.9 Å². The summed E-state index contributed by atoms with van der Waals surface area (Å²) in [4.78, 5) is 33.5. The van der Waals surface area contributed by atoms with Gasteiger partial charge in [-0.25, -0.2) is 4.79 Å². The maximum Gasteiger partial charge on any atom is 0.340 e. The van der Waals surface area contributed by atoms with E-state index in [9.17, 15) is 14.7 Å². The van der Waals surface area contributed by atoms with E-state index < -0.39 is 0 Å². The lowest BCUT2D eigenvalue weighted by molar-refractivity contribution is -0.116. The number of benzene rings is 1. The van der Waals surface area contributed by atoms with Crippen LogP contribution in [0.2, 0.25) is 0 Å². The van der Waals surface area contributed by atoms with Crippen molar-refractivity contribution < 1.29 is 23.8 Å². The molecule has 0 saturated carbocycles. The van der Waals surface area contributed by atoms with Crippen LogP contribution in [-0.4, -0.2) is 72.1 Å². The zero-order valence-electron chi connectivity index (χ0n) is 18.4. The first-order valence-electron chi connectivity index (χ1n) is 11.3. The molecule has 1 saturated heterocycles. The Morgan fingerprint density at radius 3 is 2.64 bits per heavy atom. The Hall–Kier alpha value is -3.23. The first-order valence-corrected chi connectivity index (χ1v) is 11.3. The molecule has 1 fully saturated rings. The molecule has 8 heteroatoms. The quantitative estimate of drug-likeness (QED) is 0.535. The van der Waals surface area contributed by atoms with Crippen molar-refractivity contribution in [2.24, 2.45) is 4.99 Å². The van der Waals surface area contributed by atoms with Crippen molar-refractivity contribution in [2.75, 3.05) is 39.3 Å². The molecule has 0 radical (unpaired) electrons. The molecule has 8 nitrogen and oxygen atoms in total. The Kier molecular flexibility index (Phi) is 6.11. The number of Topliss-reactive ketones (excluding diaryl/α,β-unsaturated/α-hetero) is 1. The Bertz CT molecular complexity index is 1080. The number of ether oxygens (including phenoxy) is 1. The van der Waals surface area contributed by atoms with Gasteiger partial charge in [-0.05, 0) is 18.2 Å². The zero-order chi connectivity index (χ0) is 22.8. The number of esters is 1. The molecule has 2 aromatic rings. The second kappa shape index (κ2) is 9.33. The molecule has 1 aromatic carbocycles. The lowest BCUT2D eigenvalue weighted by Crippen LogP contribution is -2.48. The van der Waals surface area contributed by atoms with Gasteiger partial charge < -0.3 is 14.3 Å². The van der Waals surface area contributed by atoms with Crippen LogP contribution >= 0.6 is 0 Å². The van der Waals surface area contributed by atoms with E-state index >= 15 is 0 Å². The highest BCUT2D eigenvalue weighted by Crippen LogP contribution is 2.34. The minimum Gasteiger partial charge on any atom is -0.511 e. The molecule has 3 heterocycles. The minimum atomic E-state index is -0.300. The van der Waals surface area contributed by atoms with Crippen LogP contribution in [0.4, 0.5) is 0 Å². The van der Waals surface area contributed by atoms with Gasteiger partial charge in [-0.15, -0.1) is 0 Å². The molecular formula is C25H27N3O5. The molecule has 1 unspecified atom stereocenters. The number of aliphatic hydroxyl groups is 1. The van der Waals surface area contributed by atoms with Crippen LogP contribution in [-0.2, 0) is 9.53 Å². The highest BCUT2D eigenvalue weighted by atomic mass is 16.6. The summed E-state index contributed by atoms with van der Waals surface area (Å²) in [6.07, 6.45) is 3.50. The number of hydrogen-bond acceptors (Lipinski definition) is 8. The van der Waals surface area contributed by atoms with Crippen molar-refractivity contribution in [3.8, 4) is 0 Å². The SMILES string of the molecule is O=C1CC(c2ccco2)CC(O)=C1C=NCCN1CCN([C@H]2OC(=O)c3ccccc32)CC1. The highest BCUT2D eigenvalue weighted by Gasteiger charge is 2.36. The maximum absolute atomic E-state index is 12.5. The van der Waals surface area contributed by atoms with Crippen molar-refractivity contribution in [1.29, 1.82) is 0 Å². The van der Waals surface area contributed by atoms with Crippen molar-refractivity contribution in [3.63, 3.8) is 0 Å². The Morgan fingerprint density at radius 1 is 1.06 bits per heavy atom. The van der Waals surface area contributed by atoms with E-state index in [2.05, 4.69) is 14.8 Å². The van der Waals surface area contributed by atoms with Gasteiger partial charge in [0.25, 0.3) is 0 Å². The van der Waals surface area contributed by atoms with E-state index in [-0.39, 0.29) is 29.7 Å². The standard InChI is InChI=1S/C25H27N3O5/c29-21-14-17(23-6-3-13-32-23)15-22(30)20(21)16-26-7-8-27-9-11-28(12-10-27)24-18-4-1-2-5-19(18)25(31)33-24/h1-6,13,16-17,24,29H,7-12,14-15H2/t17?,24-/m0/s1. The summed E-state index contributed by atoms with van der Waals surface area (Å²) in [5.74, 6) is 0.325. The molecule has 1 N–H and O–H groups in total. The number of rotatable bonds is 6. The third kappa shape index (κ3) is 4.49. The molecule has 2 atom stereocenters. The smallest absolute Gasteiger partial charge is 0.340 e. The number of furan rings is 1. The van der Waals surface area contributed by atoms with Gasteiger partial charge in [0.1, 0.15) is 11.5 Å². The number of piperazine rings is 1. The van der Waals surface area contributed by atoms with Crippen LogP contribution in [0.1, 0.15) is 46.7 Å². The number of ketones is 1. The van der Waals surface area contributed by atoms with Crippen LogP contribution < -0.4 is 0 Å². The normalized spacial score (nSPS) is 24.5. The average Bonchev–Trinajstić information content (AvgIpc) is 3.47. The van der Waals surface area contributed by atoms with E-state index in [1.807, 2.05) is 30.3 Å². The molecule has 172 valence electrons. The van der Waals surface area contributed by atoms with Gasteiger partial charge in [-0.3, -0.25) is 19.6 Å². The molecule has 0 bridgehead atoms. The number of aliphatic hydroxyl groups excluding tert-OH is 1. The van der Waals surface area contributed by atoms with Gasteiger partial charge in [0.2, 0.25) is 0 Å². The Morgan fingerprint density at radius 2 is 1.88 bits per heavy atom. The van der Waals surface area contributed by atoms with E-state index in [1.165, 1.54) is 6.21 Å². The second-order valence-electron chi connectivity index (χ2n) is 8.66. The lowest BCUT2D eigenvalue weighted by atomic mass is 9.86. The first kappa shape index (κ1) is 21.6. The van der Waals surface area contributed by atoms with Gasteiger partial charge >= 0.3 is 5.97 Å². The minimum absolute atomic E-state index is 0.0800. The molecule has 1 aliphatic carbocycles. The number of hydrogen-bond donors (Lipinski definition) is 1. The topological polar surface area (TPSA) is 95.6 Å². The lowest BCUT2D eigenvalue weighted by Gasteiger charge is -2.37. The Labute approximate surface area is 192 Å². The zero-order valence-corrected chi connectivity index (χ0v) is 18.4. The molecule has 5 rings (SSSR count). The van der Waals surface area contributed by atoms with Crippen LogP contribution in [0.3, 0.4) is 0 Å². The molecule has 3 aliphatic rings. The first-order chi connectivity index (χ1) is 16.1. The molecule has 1 aromatic heterocycles. The molecule has 33 heavy (non-hydrogen) atoms. The molecule has 0 spiro atoms. The van der Waals surface area contributed by atoms with Crippen molar-refractivity contribution in [2.45, 2.75) is 25.0 Å². The third-order valence-electron chi connectivity index (χ3n) is 6.60. The van der Waals surface area contributed by atoms with E-state index in [0.29, 0.717) is 30.5 Å². The number of cyclic esters (lactones) is 1. The van der Waals surface area contributed by atoms with Crippen LogP contribution in [0.15, 0.2) is 63.4 Å². The summed E-state index contributed by atoms with van der Waals surface area (Å²) in [6.45, 7) is 4.62. The average molecular weight is 450 g/mol. The predicted octanol–water partition coefficient (Wildman–Crippen LogP) is 3.10. The summed E-state index contributed by atoms with van der Waals surface area (Å²) in [5, 5.41) is 10.4. The summed E-state index contributed by atoms with van der Waals surface area (Å²) >= 11 is 0. The fraction of sp³-hybridized carbons (Fsp3) is 0.400. The van der Waals surface area contributed by atoms with Gasteiger partial charge in [0, 0.05) is 63.3 Å². The number of carbonyl (C=O) groups excluding carboxylic acids is 2.